The zero-order valence-corrected chi connectivity index (χ0v) is 12.7. The Morgan fingerprint density at radius 3 is 2.72 bits per heavy atom. The fourth-order valence-corrected chi connectivity index (χ4v) is 2.26. The fourth-order valence-electron chi connectivity index (χ4n) is 1.81. The molecule has 0 aliphatic rings. The third kappa shape index (κ3) is 5.10. The van der Waals surface area contributed by atoms with Crippen LogP contribution < -0.4 is 4.74 Å². The van der Waals surface area contributed by atoms with Crippen molar-refractivity contribution in [1.82, 2.24) is 0 Å². The Hall–Kier alpha value is -1.01. The van der Waals surface area contributed by atoms with Crippen LogP contribution in [0.15, 0.2) is 22.7 Å². The minimum absolute atomic E-state index is 0.224. The number of nitrogens with zero attached hydrogens (tertiary/aromatic N) is 1. The highest BCUT2D eigenvalue weighted by Gasteiger charge is 2.06. The van der Waals surface area contributed by atoms with Crippen molar-refractivity contribution in [3.05, 3.63) is 28.2 Å². The summed E-state index contributed by atoms with van der Waals surface area (Å²) in [5.74, 6) is 0.823. The minimum Gasteiger partial charge on any atom is -0.491 e. The first-order valence-corrected chi connectivity index (χ1v) is 7.33. The predicted octanol–water partition coefficient (Wildman–Crippen LogP) is 5.06. The standard InChI is InChI=1S/C15H20BrNO/c1-3-4-5-6-7-12(2)18-14-9-8-13(11-17)15(16)10-14/h8-10,12H,3-7H2,1-2H3. The second-order valence-corrected chi connectivity index (χ2v) is 5.39. The van der Waals surface area contributed by atoms with E-state index in [0.29, 0.717) is 5.56 Å². The van der Waals surface area contributed by atoms with Crippen molar-refractivity contribution in [2.45, 2.75) is 52.1 Å². The summed E-state index contributed by atoms with van der Waals surface area (Å²) in [7, 11) is 0. The van der Waals surface area contributed by atoms with E-state index in [4.69, 9.17) is 10.00 Å². The summed E-state index contributed by atoms with van der Waals surface area (Å²) in [6.45, 7) is 4.31. The predicted molar refractivity (Wildman–Crippen MR) is 77.7 cm³/mol. The van der Waals surface area contributed by atoms with Gasteiger partial charge in [0.15, 0.2) is 0 Å². The largest absolute Gasteiger partial charge is 0.491 e. The molecule has 3 heteroatoms. The van der Waals surface area contributed by atoms with Gasteiger partial charge in [-0.3, -0.25) is 0 Å². The highest BCUT2D eigenvalue weighted by molar-refractivity contribution is 9.10. The lowest BCUT2D eigenvalue weighted by molar-refractivity contribution is 0.206. The van der Waals surface area contributed by atoms with E-state index < -0.39 is 0 Å². The molecule has 0 bridgehead atoms. The van der Waals surface area contributed by atoms with Crippen molar-refractivity contribution in [3.63, 3.8) is 0 Å². The molecule has 2 nitrogen and oxygen atoms in total. The van der Waals surface area contributed by atoms with Gasteiger partial charge in [0.25, 0.3) is 0 Å². The zero-order valence-electron chi connectivity index (χ0n) is 11.1. The van der Waals surface area contributed by atoms with Crippen molar-refractivity contribution in [2.75, 3.05) is 0 Å². The third-order valence-electron chi connectivity index (χ3n) is 2.86. The van der Waals surface area contributed by atoms with Gasteiger partial charge in [0, 0.05) is 4.47 Å². The van der Waals surface area contributed by atoms with Gasteiger partial charge < -0.3 is 4.74 Å². The van der Waals surface area contributed by atoms with E-state index in [-0.39, 0.29) is 6.10 Å². The molecule has 0 radical (unpaired) electrons. The van der Waals surface area contributed by atoms with Gasteiger partial charge in [0.2, 0.25) is 0 Å². The van der Waals surface area contributed by atoms with E-state index in [1.165, 1.54) is 25.7 Å². The number of benzene rings is 1. The Balaban J connectivity index is 2.42. The highest BCUT2D eigenvalue weighted by Crippen LogP contribution is 2.24. The molecule has 1 unspecified atom stereocenters. The molecule has 0 aromatic heterocycles. The minimum atomic E-state index is 0.224. The molecule has 0 aliphatic heterocycles. The van der Waals surface area contributed by atoms with E-state index in [1.807, 2.05) is 12.1 Å². The van der Waals surface area contributed by atoms with Crippen molar-refractivity contribution in [2.24, 2.45) is 0 Å². The van der Waals surface area contributed by atoms with E-state index in [2.05, 4.69) is 35.8 Å². The molecule has 1 atom stereocenters. The molecular formula is C15H20BrNO. The summed E-state index contributed by atoms with van der Waals surface area (Å²) < 4.78 is 6.63. The van der Waals surface area contributed by atoms with Crippen LogP contribution in [-0.4, -0.2) is 6.10 Å². The SMILES string of the molecule is CCCCCCC(C)Oc1ccc(C#N)c(Br)c1. The molecule has 0 heterocycles. The van der Waals surface area contributed by atoms with Gasteiger partial charge in [0.1, 0.15) is 11.8 Å². The van der Waals surface area contributed by atoms with Crippen molar-refractivity contribution < 1.29 is 4.74 Å². The maximum absolute atomic E-state index is 8.84. The summed E-state index contributed by atoms with van der Waals surface area (Å²) in [6, 6.07) is 7.62. The van der Waals surface area contributed by atoms with E-state index >= 15 is 0 Å². The normalized spacial score (nSPS) is 11.9. The molecule has 0 N–H and O–H groups in total. The first-order chi connectivity index (χ1) is 8.67. The highest BCUT2D eigenvalue weighted by atomic mass is 79.9. The van der Waals surface area contributed by atoms with Crippen LogP contribution in [0.25, 0.3) is 0 Å². The molecule has 0 saturated heterocycles. The van der Waals surface area contributed by atoms with Gasteiger partial charge in [-0.25, -0.2) is 0 Å². The molecule has 0 spiro atoms. The summed E-state index contributed by atoms with van der Waals surface area (Å²) >= 11 is 3.37. The van der Waals surface area contributed by atoms with Gasteiger partial charge in [-0.05, 0) is 53.9 Å². The Kier molecular flexibility index (Phi) is 6.82. The molecular weight excluding hydrogens is 290 g/mol. The molecule has 0 fully saturated rings. The summed E-state index contributed by atoms with van der Waals surface area (Å²) in [4.78, 5) is 0. The van der Waals surface area contributed by atoms with E-state index in [1.54, 1.807) is 6.07 Å². The fraction of sp³-hybridized carbons (Fsp3) is 0.533. The van der Waals surface area contributed by atoms with Gasteiger partial charge in [-0.1, -0.05) is 26.2 Å². The van der Waals surface area contributed by atoms with Gasteiger partial charge in [0.05, 0.1) is 11.7 Å². The number of hydrogen-bond acceptors (Lipinski definition) is 2. The van der Waals surface area contributed by atoms with Crippen LogP contribution in [0.1, 0.15) is 51.5 Å². The Morgan fingerprint density at radius 1 is 1.33 bits per heavy atom. The van der Waals surface area contributed by atoms with Crippen molar-refractivity contribution >= 4 is 15.9 Å². The molecule has 98 valence electrons. The lowest BCUT2D eigenvalue weighted by Crippen LogP contribution is -2.11. The number of hydrogen-bond donors (Lipinski definition) is 0. The number of nitriles is 1. The van der Waals surface area contributed by atoms with Gasteiger partial charge in [-0.2, -0.15) is 5.26 Å². The van der Waals surface area contributed by atoms with Crippen LogP contribution >= 0.6 is 15.9 Å². The molecule has 18 heavy (non-hydrogen) atoms. The summed E-state index contributed by atoms with van der Waals surface area (Å²) in [5.41, 5.74) is 0.637. The van der Waals surface area contributed by atoms with Crippen LogP contribution in [0.5, 0.6) is 5.75 Å². The number of unbranched alkanes of at least 4 members (excludes halogenated alkanes) is 3. The Morgan fingerprint density at radius 2 is 2.11 bits per heavy atom. The summed E-state index contributed by atoms with van der Waals surface area (Å²) in [6.07, 6.45) is 6.36. The average Bonchev–Trinajstić information content (AvgIpc) is 2.35. The molecule has 1 aromatic rings. The zero-order chi connectivity index (χ0) is 13.4. The van der Waals surface area contributed by atoms with Crippen LogP contribution in [-0.2, 0) is 0 Å². The molecule has 0 aliphatic carbocycles. The van der Waals surface area contributed by atoms with E-state index in [9.17, 15) is 0 Å². The molecule has 1 aromatic carbocycles. The van der Waals surface area contributed by atoms with Crippen LogP contribution in [0.3, 0.4) is 0 Å². The first kappa shape index (κ1) is 15.0. The quantitative estimate of drug-likeness (QED) is 0.660. The Labute approximate surface area is 118 Å². The molecule has 0 saturated carbocycles. The van der Waals surface area contributed by atoms with Crippen molar-refractivity contribution in [1.29, 1.82) is 5.26 Å². The second-order valence-electron chi connectivity index (χ2n) is 4.53. The summed E-state index contributed by atoms with van der Waals surface area (Å²) in [5, 5.41) is 8.84. The topological polar surface area (TPSA) is 33.0 Å². The maximum Gasteiger partial charge on any atom is 0.120 e. The smallest absolute Gasteiger partial charge is 0.120 e. The average molecular weight is 310 g/mol. The second kappa shape index (κ2) is 8.16. The van der Waals surface area contributed by atoms with E-state index in [0.717, 1.165) is 16.6 Å². The van der Waals surface area contributed by atoms with Gasteiger partial charge >= 0.3 is 0 Å². The number of halogens is 1. The number of rotatable bonds is 7. The molecule has 0 amide bonds. The van der Waals surface area contributed by atoms with Crippen molar-refractivity contribution in [3.8, 4) is 11.8 Å². The number of ether oxygens (including phenoxy) is 1. The van der Waals surface area contributed by atoms with Crippen LogP contribution in [0.2, 0.25) is 0 Å². The van der Waals surface area contributed by atoms with Gasteiger partial charge in [-0.15, -0.1) is 0 Å². The van der Waals surface area contributed by atoms with Crippen LogP contribution in [0, 0.1) is 11.3 Å². The maximum atomic E-state index is 8.84. The lowest BCUT2D eigenvalue weighted by atomic mass is 10.1. The lowest BCUT2D eigenvalue weighted by Gasteiger charge is -2.15. The first-order valence-electron chi connectivity index (χ1n) is 6.53. The Bertz CT molecular complexity index is 411. The monoisotopic (exact) mass is 309 g/mol. The van der Waals surface area contributed by atoms with Crippen LogP contribution in [0.4, 0.5) is 0 Å². The third-order valence-corrected chi connectivity index (χ3v) is 3.52. The molecule has 1 rings (SSSR count).